The number of hydrogen-bond acceptors (Lipinski definition) is 2. The van der Waals surface area contributed by atoms with Crippen LogP contribution in [0, 0.1) is 0 Å². The Morgan fingerprint density at radius 2 is 1.12 bits per heavy atom. The van der Waals surface area contributed by atoms with Crippen LogP contribution in [-0.2, 0) is 12.8 Å². The van der Waals surface area contributed by atoms with Crippen LogP contribution in [0.5, 0.6) is 0 Å². The minimum Gasteiger partial charge on any atom is -0.388 e. The average molecular weight is 454 g/mol. The first-order valence-electron chi connectivity index (χ1n) is 8.47. The summed E-state index contributed by atoms with van der Waals surface area (Å²) in [7, 11) is 0. The molecule has 0 amide bonds. The van der Waals surface area contributed by atoms with Gasteiger partial charge in [0.05, 0.1) is 12.2 Å². The summed E-state index contributed by atoms with van der Waals surface area (Å²) < 4.78 is 2.12. The van der Waals surface area contributed by atoms with Gasteiger partial charge in [0, 0.05) is 8.95 Å². The van der Waals surface area contributed by atoms with E-state index >= 15 is 0 Å². The maximum atomic E-state index is 9.66. The number of hydrogen-bond donors (Lipinski definition) is 2. The first-order chi connectivity index (χ1) is 11.5. The highest BCUT2D eigenvalue weighted by molar-refractivity contribution is 9.10. The Bertz CT molecular complexity index is 653. The van der Waals surface area contributed by atoms with E-state index in [1.54, 1.807) is 0 Å². The van der Waals surface area contributed by atoms with Crippen molar-refractivity contribution < 1.29 is 10.2 Å². The van der Waals surface area contributed by atoms with Crippen LogP contribution >= 0.6 is 31.9 Å². The Morgan fingerprint density at radius 3 is 1.54 bits per heavy atom. The third kappa shape index (κ3) is 4.29. The molecule has 2 aliphatic rings. The zero-order chi connectivity index (χ0) is 17.1. The summed E-state index contributed by atoms with van der Waals surface area (Å²) in [5.41, 5.74) is 4.82. The van der Waals surface area contributed by atoms with Crippen molar-refractivity contribution in [3.63, 3.8) is 0 Å². The number of fused-ring (bicyclic) bond motifs is 2. The Kier molecular flexibility index (Phi) is 6.14. The molecule has 2 aromatic carbocycles. The van der Waals surface area contributed by atoms with E-state index < -0.39 is 0 Å². The lowest BCUT2D eigenvalue weighted by Gasteiger charge is -2.21. The van der Waals surface area contributed by atoms with Gasteiger partial charge in [0.15, 0.2) is 0 Å². The fourth-order valence-electron chi connectivity index (χ4n) is 3.49. The molecular weight excluding hydrogens is 432 g/mol. The van der Waals surface area contributed by atoms with E-state index in [2.05, 4.69) is 44.0 Å². The third-order valence-electron chi connectivity index (χ3n) is 4.78. The van der Waals surface area contributed by atoms with Crippen molar-refractivity contribution in [3.05, 3.63) is 67.6 Å². The number of benzene rings is 2. The first-order valence-corrected chi connectivity index (χ1v) is 10.1. The monoisotopic (exact) mass is 452 g/mol. The van der Waals surface area contributed by atoms with E-state index in [-0.39, 0.29) is 12.2 Å². The van der Waals surface area contributed by atoms with E-state index in [0.717, 1.165) is 58.6 Å². The Hall–Kier alpha value is -0.680. The highest BCUT2D eigenvalue weighted by atomic mass is 79.9. The van der Waals surface area contributed by atoms with E-state index in [4.69, 9.17) is 0 Å². The number of halogens is 2. The van der Waals surface area contributed by atoms with Crippen molar-refractivity contribution in [1.82, 2.24) is 0 Å². The van der Waals surface area contributed by atoms with Crippen molar-refractivity contribution >= 4 is 31.9 Å². The van der Waals surface area contributed by atoms with Crippen LogP contribution in [0.3, 0.4) is 0 Å². The fourth-order valence-corrected chi connectivity index (χ4v) is 4.25. The molecule has 2 N–H and O–H groups in total. The van der Waals surface area contributed by atoms with Gasteiger partial charge in [-0.1, -0.05) is 44.0 Å². The smallest absolute Gasteiger partial charge is 0.0793 e. The van der Waals surface area contributed by atoms with Crippen LogP contribution in [0.2, 0.25) is 0 Å². The summed E-state index contributed by atoms with van der Waals surface area (Å²) in [5, 5.41) is 19.3. The van der Waals surface area contributed by atoms with Gasteiger partial charge in [0.2, 0.25) is 0 Å². The van der Waals surface area contributed by atoms with Gasteiger partial charge in [-0.25, -0.2) is 0 Å². The van der Waals surface area contributed by atoms with Crippen LogP contribution in [0.1, 0.15) is 60.1 Å². The van der Waals surface area contributed by atoms with E-state index in [9.17, 15) is 10.2 Å². The Morgan fingerprint density at radius 1 is 0.708 bits per heavy atom. The zero-order valence-electron chi connectivity index (χ0n) is 13.5. The van der Waals surface area contributed by atoms with Crippen molar-refractivity contribution in [2.24, 2.45) is 0 Å². The van der Waals surface area contributed by atoms with Gasteiger partial charge in [0.25, 0.3) is 0 Å². The van der Waals surface area contributed by atoms with E-state index in [1.165, 1.54) is 11.1 Å². The van der Waals surface area contributed by atoms with Crippen molar-refractivity contribution in [2.75, 3.05) is 0 Å². The van der Waals surface area contributed by atoms with Crippen molar-refractivity contribution in [3.8, 4) is 0 Å². The van der Waals surface area contributed by atoms with Gasteiger partial charge < -0.3 is 10.2 Å². The summed E-state index contributed by atoms with van der Waals surface area (Å²) in [5.74, 6) is 0. The molecule has 128 valence electrons. The molecular formula is C20H22Br2O2. The molecule has 2 aromatic rings. The van der Waals surface area contributed by atoms with Crippen LogP contribution in [0.25, 0.3) is 0 Å². The maximum Gasteiger partial charge on any atom is 0.0793 e. The minimum atomic E-state index is -0.244. The molecule has 2 aliphatic carbocycles. The molecule has 1 unspecified atom stereocenters. The Balaban J connectivity index is 0.000000141. The molecule has 4 heteroatoms. The molecule has 0 aromatic heterocycles. The highest BCUT2D eigenvalue weighted by Crippen LogP contribution is 2.32. The largest absolute Gasteiger partial charge is 0.388 e. The normalized spacial score (nSPS) is 22.0. The standard InChI is InChI=1S/2C10H11BrO/c2*11-8-5-4-7-2-1-3-10(12)9(7)6-8/h2*4-6,10,12H,1-3H2/t10-;/m1./s1. The summed E-state index contributed by atoms with van der Waals surface area (Å²) in [4.78, 5) is 0. The molecule has 0 fully saturated rings. The number of aliphatic hydroxyl groups is 2. The first kappa shape index (κ1) is 18.1. The van der Waals surface area contributed by atoms with Gasteiger partial charge in [-0.2, -0.15) is 0 Å². The third-order valence-corrected chi connectivity index (χ3v) is 5.77. The van der Waals surface area contributed by atoms with Gasteiger partial charge >= 0.3 is 0 Å². The summed E-state index contributed by atoms with van der Waals surface area (Å²) in [6.07, 6.45) is 5.76. The van der Waals surface area contributed by atoms with Gasteiger partial charge in [0.1, 0.15) is 0 Å². The summed E-state index contributed by atoms with van der Waals surface area (Å²) in [6, 6.07) is 12.3. The molecule has 2 atom stereocenters. The molecule has 24 heavy (non-hydrogen) atoms. The molecule has 0 saturated heterocycles. The van der Waals surface area contributed by atoms with E-state index in [1.807, 2.05) is 24.3 Å². The predicted molar refractivity (Wildman–Crippen MR) is 104 cm³/mol. The predicted octanol–water partition coefficient (Wildman–Crippen LogP) is 5.64. The summed E-state index contributed by atoms with van der Waals surface area (Å²) in [6.45, 7) is 0. The fraction of sp³-hybridized carbons (Fsp3) is 0.400. The van der Waals surface area contributed by atoms with Crippen LogP contribution < -0.4 is 0 Å². The van der Waals surface area contributed by atoms with Gasteiger partial charge in [-0.3, -0.25) is 0 Å². The average Bonchev–Trinajstić information content (AvgIpc) is 2.57. The highest BCUT2D eigenvalue weighted by Gasteiger charge is 2.18. The quantitative estimate of drug-likeness (QED) is 0.541. The molecule has 0 heterocycles. The van der Waals surface area contributed by atoms with Crippen LogP contribution in [0.15, 0.2) is 45.3 Å². The van der Waals surface area contributed by atoms with Gasteiger partial charge in [-0.15, -0.1) is 0 Å². The van der Waals surface area contributed by atoms with E-state index in [0.29, 0.717) is 0 Å². The lowest BCUT2D eigenvalue weighted by atomic mass is 9.90. The SMILES string of the molecule is OC1CCCc2ccc(Br)cc21.O[C@@H]1CCCc2ccc(Br)cc21. The minimum absolute atomic E-state index is 0.244. The lowest BCUT2D eigenvalue weighted by Crippen LogP contribution is -2.08. The van der Waals surface area contributed by atoms with Crippen molar-refractivity contribution in [1.29, 1.82) is 0 Å². The van der Waals surface area contributed by atoms with Gasteiger partial charge in [-0.05, 0) is 85.0 Å². The molecule has 0 bridgehead atoms. The van der Waals surface area contributed by atoms with Crippen LogP contribution in [-0.4, -0.2) is 10.2 Å². The molecule has 4 rings (SSSR count). The van der Waals surface area contributed by atoms with Crippen LogP contribution in [0.4, 0.5) is 0 Å². The maximum absolute atomic E-state index is 9.66. The van der Waals surface area contributed by atoms with Crippen molar-refractivity contribution in [2.45, 2.75) is 50.7 Å². The molecule has 2 nitrogen and oxygen atoms in total. The lowest BCUT2D eigenvalue weighted by molar-refractivity contribution is 0.156. The molecule has 0 aliphatic heterocycles. The second-order valence-electron chi connectivity index (χ2n) is 6.50. The molecule has 0 saturated carbocycles. The zero-order valence-corrected chi connectivity index (χ0v) is 16.7. The molecule has 0 radical (unpaired) electrons. The topological polar surface area (TPSA) is 40.5 Å². The molecule has 0 spiro atoms. The number of aryl methyl sites for hydroxylation is 2. The summed E-state index contributed by atoms with van der Waals surface area (Å²) >= 11 is 6.81. The number of aliphatic hydroxyl groups excluding tert-OH is 2. The number of rotatable bonds is 0. The second kappa shape index (κ2) is 8.13. The Labute approximate surface area is 160 Å². The second-order valence-corrected chi connectivity index (χ2v) is 8.33.